The number of aryl methyl sites for hydroxylation is 1. The number of para-hydroxylation sites is 1. The molecule has 110 valence electrons. The largest absolute Gasteiger partial charge is 0.493 e. The standard InChI is InChI=1S/C17H17ClO2S/c18-13-6-8-14(9-7-13)21-11-16(19)15-5-1-3-12-4-2-10-20-17(12)15/h1,3,5-9,16,19H,2,4,10-11H2. The van der Waals surface area contributed by atoms with E-state index in [1.54, 1.807) is 11.8 Å². The van der Waals surface area contributed by atoms with Crippen molar-refractivity contribution < 1.29 is 9.84 Å². The molecule has 1 aliphatic heterocycles. The van der Waals surface area contributed by atoms with E-state index in [-0.39, 0.29) is 0 Å². The number of aliphatic hydroxyl groups is 1. The summed E-state index contributed by atoms with van der Waals surface area (Å²) in [4.78, 5) is 1.10. The minimum atomic E-state index is -0.529. The van der Waals surface area contributed by atoms with Gasteiger partial charge >= 0.3 is 0 Å². The average molecular weight is 321 g/mol. The lowest BCUT2D eigenvalue weighted by atomic mass is 10.00. The predicted octanol–water partition coefficient (Wildman–Crippen LogP) is 4.49. The molecule has 1 aliphatic rings. The maximum atomic E-state index is 10.5. The number of ether oxygens (including phenoxy) is 1. The first-order valence-electron chi connectivity index (χ1n) is 7.05. The van der Waals surface area contributed by atoms with Crippen LogP contribution in [0.5, 0.6) is 5.75 Å². The second kappa shape index (κ2) is 6.73. The third-order valence-electron chi connectivity index (χ3n) is 3.54. The van der Waals surface area contributed by atoms with Crippen molar-refractivity contribution >= 4 is 23.4 Å². The van der Waals surface area contributed by atoms with Crippen LogP contribution in [0.1, 0.15) is 23.7 Å². The van der Waals surface area contributed by atoms with Gasteiger partial charge in [-0.25, -0.2) is 0 Å². The maximum absolute atomic E-state index is 10.5. The lowest BCUT2D eigenvalue weighted by Gasteiger charge is -2.22. The van der Waals surface area contributed by atoms with Crippen LogP contribution in [-0.2, 0) is 6.42 Å². The summed E-state index contributed by atoms with van der Waals surface area (Å²) in [5.74, 6) is 1.48. The van der Waals surface area contributed by atoms with E-state index in [9.17, 15) is 5.11 Å². The van der Waals surface area contributed by atoms with Crippen LogP contribution in [-0.4, -0.2) is 17.5 Å². The molecule has 1 unspecified atom stereocenters. The summed E-state index contributed by atoms with van der Waals surface area (Å²) in [7, 11) is 0. The van der Waals surface area contributed by atoms with Crippen molar-refractivity contribution in [3.05, 3.63) is 58.6 Å². The molecule has 0 aromatic heterocycles. The summed E-state index contributed by atoms with van der Waals surface area (Å²) in [6, 6.07) is 13.7. The summed E-state index contributed by atoms with van der Waals surface area (Å²) >= 11 is 7.49. The SMILES string of the molecule is OC(CSc1ccc(Cl)cc1)c1cccc2c1OCCC2. The number of fused-ring (bicyclic) bond motifs is 1. The maximum Gasteiger partial charge on any atom is 0.128 e. The highest BCUT2D eigenvalue weighted by atomic mass is 35.5. The normalized spacial score (nSPS) is 15.1. The summed E-state index contributed by atoms with van der Waals surface area (Å²) in [6.45, 7) is 0.737. The summed E-state index contributed by atoms with van der Waals surface area (Å²) in [5, 5.41) is 11.2. The van der Waals surface area contributed by atoms with Crippen molar-refractivity contribution in [2.45, 2.75) is 23.8 Å². The van der Waals surface area contributed by atoms with Gasteiger partial charge < -0.3 is 9.84 Å². The number of hydrogen-bond donors (Lipinski definition) is 1. The molecular weight excluding hydrogens is 304 g/mol. The van der Waals surface area contributed by atoms with Crippen molar-refractivity contribution in [3.63, 3.8) is 0 Å². The zero-order chi connectivity index (χ0) is 14.7. The molecule has 0 saturated heterocycles. The molecule has 0 amide bonds. The van der Waals surface area contributed by atoms with E-state index in [1.165, 1.54) is 5.56 Å². The second-order valence-electron chi connectivity index (χ2n) is 5.07. The molecule has 3 rings (SSSR count). The van der Waals surface area contributed by atoms with Crippen molar-refractivity contribution in [2.24, 2.45) is 0 Å². The Labute approximate surface area is 134 Å². The quantitative estimate of drug-likeness (QED) is 0.842. The van der Waals surface area contributed by atoms with E-state index in [0.717, 1.165) is 40.7 Å². The molecule has 1 heterocycles. The molecule has 1 N–H and O–H groups in total. The fraction of sp³-hybridized carbons (Fsp3) is 0.294. The van der Waals surface area contributed by atoms with Crippen LogP contribution in [0.15, 0.2) is 47.4 Å². The van der Waals surface area contributed by atoms with Gasteiger partial charge in [-0.15, -0.1) is 11.8 Å². The van der Waals surface area contributed by atoms with E-state index in [0.29, 0.717) is 5.75 Å². The molecule has 21 heavy (non-hydrogen) atoms. The molecule has 0 aliphatic carbocycles. The number of hydrogen-bond acceptors (Lipinski definition) is 3. The first-order chi connectivity index (χ1) is 10.2. The first kappa shape index (κ1) is 14.8. The molecule has 2 aromatic carbocycles. The van der Waals surface area contributed by atoms with E-state index in [1.807, 2.05) is 36.4 Å². The Hall–Kier alpha value is -1.16. The zero-order valence-electron chi connectivity index (χ0n) is 11.6. The Morgan fingerprint density at radius 2 is 2.00 bits per heavy atom. The minimum absolute atomic E-state index is 0.529. The molecule has 2 aromatic rings. The van der Waals surface area contributed by atoms with Gasteiger partial charge in [0.2, 0.25) is 0 Å². The Kier molecular flexibility index (Phi) is 4.73. The van der Waals surface area contributed by atoms with Gasteiger partial charge in [0.1, 0.15) is 5.75 Å². The van der Waals surface area contributed by atoms with Gasteiger partial charge in [-0.2, -0.15) is 0 Å². The minimum Gasteiger partial charge on any atom is -0.493 e. The van der Waals surface area contributed by atoms with Crippen LogP contribution in [0.25, 0.3) is 0 Å². The van der Waals surface area contributed by atoms with Gasteiger partial charge in [0, 0.05) is 21.2 Å². The molecule has 2 nitrogen and oxygen atoms in total. The number of rotatable bonds is 4. The number of thioether (sulfide) groups is 1. The number of aliphatic hydroxyl groups excluding tert-OH is 1. The predicted molar refractivity (Wildman–Crippen MR) is 87.4 cm³/mol. The van der Waals surface area contributed by atoms with Gasteiger partial charge in [0.05, 0.1) is 12.7 Å². The molecule has 0 saturated carbocycles. The topological polar surface area (TPSA) is 29.5 Å². The summed E-state index contributed by atoms with van der Waals surface area (Å²) in [5.41, 5.74) is 2.10. The van der Waals surface area contributed by atoms with Gasteiger partial charge in [-0.3, -0.25) is 0 Å². The van der Waals surface area contributed by atoms with Crippen molar-refractivity contribution in [3.8, 4) is 5.75 Å². The van der Waals surface area contributed by atoms with E-state index in [2.05, 4.69) is 6.07 Å². The van der Waals surface area contributed by atoms with Crippen molar-refractivity contribution in [2.75, 3.05) is 12.4 Å². The van der Waals surface area contributed by atoms with Gasteiger partial charge in [0.25, 0.3) is 0 Å². The summed E-state index contributed by atoms with van der Waals surface area (Å²) < 4.78 is 5.76. The molecule has 1 atom stereocenters. The number of halogens is 1. The van der Waals surface area contributed by atoms with E-state index in [4.69, 9.17) is 16.3 Å². The average Bonchev–Trinajstić information content (AvgIpc) is 2.53. The Morgan fingerprint density at radius 3 is 2.81 bits per heavy atom. The van der Waals surface area contributed by atoms with Crippen LogP contribution >= 0.6 is 23.4 Å². The fourth-order valence-corrected chi connectivity index (χ4v) is 3.46. The Balaban J connectivity index is 1.70. The molecule has 0 radical (unpaired) electrons. The number of benzene rings is 2. The van der Waals surface area contributed by atoms with Gasteiger partial charge in [-0.1, -0.05) is 29.8 Å². The van der Waals surface area contributed by atoms with Gasteiger partial charge in [-0.05, 0) is 42.7 Å². The molecule has 0 spiro atoms. The smallest absolute Gasteiger partial charge is 0.128 e. The fourth-order valence-electron chi connectivity index (χ4n) is 2.47. The van der Waals surface area contributed by atoms with E-state index >= 15 is 0 Å². The van der Waals surface area contributed by atoms with Crippen LogP contribution in [0.4, 0.5) is 0 Å². The van der Waals surface area contributed by atoms with Crippen molar-refractivity contribution in [1.82, 2.24) is 0 Å². The van der Waals surface area contributed by atoms with Crippen LogP contribution in [0.3, 0.4) is 0 Å². The third-order valence-corrected chi connectivity index (χ3v) is 4.88. The first-order valence-corrected chi connectivity index (χ1v) is 8.41. The Bertz CT molecular complexity index is 613. The third kappa shape index (κ3) is 3.54. The van der Waals surface area contributed by atoms with Crippen LogP contribution in [0.2, 0.25) is 5.02 Å². The lowest BCUT2D eigenvalue weighted by molar-refractivity contribution is 0.192. The second-order valence-corrected chi connectivity index (χ2v) is 6.60. The van der Waals surface area contributed by atoms with Gasteiger partial charge in [0.15, 0.2) is 0 Å². The van der Waals surface area contributed by atoms with Crippen LogP contribution < -0.4 is 4.74 Å². The van der Waals surface area contributed by atoms with E-state index < -0.39 is 6.10 Å². The molecule has 0 fully saturated rings. The Morgan fingerprint density at radius 1 is 1.19 bits per heavy atom. The van der Waals surface area contributed by atoms with Crippen molar-refractivity contribution in [1.29, 1.82) is 0 Å². The molecular formula is C17H17ClO2S. The molecule has 4 heteroatoms. The van der Waals surface area contributed by atoms with Crippen LogP contribution in [0, 0.1) is 0 Å². The highest BCUT2D eigenvalue weighted by Gasteiger charge is 2.19. The summed E-state index contributed by atoms with van der Waals surface area (Å²) in [6.07, 6.45) is 1.55. The highest BCUT2D eigenvalue weighted by molar-refractivity contribution is 7.99. The molecule has 0 bridgehead atoms. The zero-order valence-corrected chi connectivity index (χ0v) is 13.2. The lowest BCUT2D eigenvalue weighted by Crippen LogP contribution is -2.13. The highest BCUT2D eigenvalue weighted by Crippen LogP contribution is 2.35. The monoisotopic (exact) mass is 320 g/mol.